The van der Waals surface area contributed by atoms with E-state index in [0.717, 1.165) is 0 Å². The number of rotatable bonds is 3. The number of hydrogen-bond donors (Lipinski definition) is 2. The molecule has 0 spiro atoms. The van der Waals surface area contributed by atoms with E-state index in [1.165, 1.54) is 24.3 Å². The Kier molecular flexibility index (Phi) is 4.57. The Hall–Kier alpha value is -1.24. The van der Waals surface area contributed by atoms with E-state index in [4.69, 9.17) is 29.6 Å². The maximum Gasteiger partial charge on any atom is 0.161 e. The normalized spacial score (nSPS) is 10.4. The number of nitrogens with one attached hydrogen (secondary N) is 1. The molecule has 2 nitrogen and oxygen atoms in total. The molecule has 0 aliphatic carbocycles. The molecule has 0 unspecified atom stereocenters. The van der Waals surface area contributed by atoms with Crippen molar-refractivity contribution < 1.29 is 8.78 Å². The van der Waals surface area contributed by atoms with Crippen molar-refractivity contribution in [2.24, 2.45) is 5.73 Å². The minimum Gasteiger partial charge on any atom is -0.389 e. The van der Waals surface area contributed by atoms with Gasteiger partial charge < -0.3 is 11.1 Å². The predicted molar refractivity (Wildman–Crippen MR) is 84.7 cm³/mol. The molecular weight excluding hydrogens is 370 g/mol. The summed E-state index contributed by atoms with van der Waals surface area (Å²) >= 11 is 13.6. The molecule has 0 saturated heterocycles. The van der Waals surface area contributed by atoms with Crippen LogP contribution < -0.4 is 11.1 Å². The molecule has 0 fully saturated rings. The average Bonchev–Trinajstić information content (AvgIpc) is 2.39. The summed E-state index contributed by atoms with van der Waals surface area (Å²) in [5.74, 6) is -1.08. The molecule has 0 aliphatic rings. The van der Waals surface area contributed by atoms with Gasteiger partial charge in [0, 0.05) is 11.3 Å². The zero-order valence-corrected chi connectivity index (χ0v) is 13.0. The first-order chi connectivity index (χ1) is 9.40. The minimum atomic E-state index is -0.546. The van der Waals surface area contributed by atoms with Crippen molar-refractivity contribution in [2.45, 2.75) is 0 Å². The second-order valence-electron chi connectivity index (χ2n) is 3.91. The number of hydrogen-bond acceptors (Lipinski definition) is 2. The van der Waals surface area contributed by atoms with Gasteiger partial charge in [0.1, 0.15) is 10.8 Å². The molecule has 0 saturated carbocycles. The third-order valence-corrected chi connectivity index (χ3v) is 3.83. The van der Waals surface area contributed by atoms with Crippen molar-refractivity contribution in [3.05, 3.63) is 57.0 Å². The summed E-state index contributed by atoms with van der Waals surface area (Å²) in [6, 6.07) is 7.09. The molecule has 0 aliphatic heterocycles. The summed E-state index contributed by atoms with van der Waals surface area (Å²) in [5.41, 5.74) is 6.54. The van der Waals surface area contributed by atoms with Crippen molar-refractivity contribution in [2.75, 3.05) is 5.32 Å². The Balaban J connectivity index is 2.37. The lowest BCUT2D eigenvalue weighted by atomic mass is 10.2. The number of thiocarbonyl (C=S) groups is 1. The molecule has 0 heterocycles. The maximum atomic E-state index is 14.2. The Morgan fingerprint density at radius 1 is 1.25 bits per heavy atom. The first-order valence-corrected chi connectivity index (χ1v) is 6.98. The molecule has 2 aromatic carbocycles. The van der Waals surface area contributed by atoms with E-state index < -0.39 is 11.6 Å². The Bertz CT molecular complexity index is 694. The number of anilines is 2. The lowest BCUT2D eigenvalue weighted by molar-refractivity contribution is 0.624. The van der Waals surface area contributed by atoms with Gasteiger partial charge in [-0.3, -0.25) is 0 Å². The molecule has 20 heavy (non-hydrogen) atoms. The van der Waals surface area contributed by atoms with E-state index in [0.29, 0.717) is 11.3 Å². The molecule has 0 bridgehead atoms. The van der Waals surface area contributed by atoms with E-state index >= 15 is 0 Å². The van der Waals surface area contributed by atoms with Gasteiger partial charge in [-0.1, -0.05) is 23.8 Å². The van der Waals surface area contributed by atoms with Crippen LogP contribution in [0.1, 0.15) is 5.56 Å². The van der Waals surface area contributed by atoms with Crippen molar-refractivity contribution in [1.82, 2.24) is 0 Å². The fourth-order valence-corrected chi connectivity index (χ4v) is 2.61. The number of benzene rings is 2. The highest BCUT2D eigenvalue weighted by Gasteiger charge is 2.13. The van der Waals surface area contributed by atoms with Crippen LogP contribution in [0.25, 0.3) is 0 Å². The fraction of sp³-hybridized carbons (Fsp3) is 0. The van der Waals surface area contributed by atoms with Crippen LogP contribution in [0.15, 0.2) is 34.8 Å². The Labute approximate surface area is 133 Å². The number of halogens is 4. The second-order valence-corrected chi connectivity index (χ2v) is 5.55. The van der Waals surface area contributed by atoms with Crippen LogP contribution in [0.5, 0.6) is 0 Å². The average molecular weight is 378 g/mol. The molecule has 0 radical (unpaired) electrons. The Morgan fingerprint density at radius 2 is 1.95 bits per heavy atom. The van der Waals surface area contributed by atoms with Gasteiger partial charge in [0.2, 0.25) is 0 Å². The molecule has 0 aromatic heterocycles. The second kappa shape index (κ2) is 6.03. The van der Waals surface area contributed by atoms with Crippen LogP contribution in [0, 0.1) is 11.6 Å². The van der Waals surface area contributed by atoms with Crippen molar-refractivity contribution in [1.29, 1.82) is 0 Å². The standard InChI is InChI=1S/C13H8BrClF2N2S/c14-11-7(13(18)20)2-4-10(12(11)17)19-6-1-3-9(16)8(15)5-6/h1-5,19H,(H2,18,20). The van der Waals surface area contributed by atoms with Crippen molar-refractivity contribution in [3.8, 4) is 0 Å². The predicted octanol–water partition coefficient (Wildman–Crippen LogP) is 4.76. The van der Waals surface area contributed by atoms with Crippen LogP contribution >= 0.6 is 39.7 Å². The van der Waals surface area contributed by atoms with Gasteiger partial charge >= 0.3 is 0 Å². The van der Waals surface area contributed by atoms with Crippen molar-refractivity contribution >= 4 is 56.1 Å². The first-order valence-electron chi connectivity index (χ1n) is 5.40. The van der Waals surface area contributed by atoms with Gasteiger partial charge in [-0.25, -0.2) is 8.78 Å². The van der Waals surface area contributed by atoms with Gasteiger partial charge in [-0.2, -0.15) is 0 Å². The molecule has 0 amide bonds. The third-order valence-electron chi connectivity index (χ3n) is 2.55. The largest absolute Gasteiger partial charge is 0.389 e. The maximum absolute atomic E-state index is 14.2. The highest BCUT2D eigenvalue weighted by atomic mass is 79.9. The van der Waals surface area contributed by atoms with E-state index in [1.807, 2.05) is 0 Å². The lowest BCUT2D eigenvalue weighted by Crippen LogP contribution is -2.11. The van der Waals surface area contributed by atoms with Gasteiger partial charge in [-0.05, 0) is 46.3 Å². The quantitative estimate of drug-likeness (QED) is 0.758. The van der Waals surface area contributed by atoms with E-state index in [9.17, 15) is 8.78 Å². The zero-order valence-electron chi connectivity index (χ0n) is 9.88. The summed E-state index contributed by atoms with van der Waals surface area (Å²) in [6.45, 7) is 0. The van der Waals surface area contributed by atoms with Gasteiger partial charge in [-0.15, -0.1) is 0 Å². The molecule has 104 valence electrons. The van der Waals surface area contributed by atoms with Crippen LogP contribution in [-0.2, 0) is 0 Å². The number of nitrogens with two attached hydrogens (primary N) is 1. The third kappa shape index (κ3) is 3.08. The SMILES string of the molecule is NC(=S)c1ccc(Nc2ccc(F)c(Cl)c2)c(F)c1Br. The van der Waals surface area contributed by atoms with Gasteiger partial charge in [0.25, 0.3) is 0 Å². The summed E-state index contributed by atoms with van der Waals surface area (Å²) in [7, 11) is 0. The lowest BCUT2D eigenvalue weighted by Gasteiger charge is -2.11. The molecule has 2 rings (SSSR count). The summed E-state index contributed by atoms with van der Waals surface area (Å²) in [4.78, 5) is 0.0900. The fourth-order valence-electron chi connectivity index (χ4n) is 1.57. The summed E-state index contributed by atoms with van der Waals surface area (Å²) in [5, 5.41) is 2.76. The van der Waals surface area contributed by atoms with Crippen molar-refractivity contribution in [3.63, 3.8) is 0 Å². The molecule has 2 aromatic rings. The molecular formula is C13H8BrClF2N2S. The smallest absolute Gasteiger partial charge is 0.161 e. The van der Waals surface area contributed by atoms with E-state index in [2.05, 4.69) is 21.2 Å². The van der Waals surface area contributed by atoms with E-state index in [-0.39, 0.29) is 20.2 Å². The Morgan fingerprint density at radius 3 is 2.55 bits per heavy atom. The van der Waals surface area contributed by atoms with Gasteiger partial charge in [0.15, 0.2) is 5.82 Å². The van der Waals surface area contributed by atoms with Crippen LogP contribution in [0.3, 0.4) is 0 Å². The topological polar surface area (TPSA) is 38.0 Å². The summed E-state index contributed by atoms with van der Waals surface area (Å²) < 4.78 is 27.4. The highest BCUT2D eigenvalue weighted by Crippen LogP contribution is 2.30. The van der Waals surface area contributed by atoms with Crippen LogP contribution in [0.4, 0.5) is 20.2 Å². The highest BCUT2D eigenvalue weighted by molar-refractivity contribution is 9.10. The van der Waals surface area contributed by atoms with Crippen LogP contribution in [-0.4, -0.2) is 4.99 Å². The summed E-state index contributed by atoms with van der Waals surface area (Å²) in [6.07, 6.45) is 0. The molecule has 3 N–H and O–H groups in total. The molecule has 0 atom stereocenters. The molecule has 7 heteroatoms. The first kappa shape index (κ1) is 15.2. The van der Waals surface area contributed by atoms with E-state index in [1.54, 1.807) is 6.07 Å². The minimum absolute atomic E-state index is 0.0470. The van der Waals surface area contributed by atoms with Gasteiger partial charge in [0.05, 0.1) is 15.2 Å². The van der Waals surface area contributed by atoms with Crippen LogP contribution in [0.2, 0.25) is 5.02 Å². The zero-order chi connectivity index (χ0) is 14.9. The monoisotopic (exact) mass is 376 g/mol.